The van der Waals surface area contributed by atoms with E-state index in [0.29, 0.717) is 0 Å². The van der Waals surface area contributed by atoms with E-state index < -0.39 is 0 Å². The zero-order chi connectivity index (χ0) is 19.9. The first-order valence-corrected chi connectivity index (χ1v) is 12.1. The third-order valence-electron chi connectivity index (χ3n) is 8.27. The molecule has 1 heterocycles. The van der Waals surface area contributed by atoms with Crippen LogP contribution in [-0.4, -0.2) is 31.1 Å². The van der Waals surface area contributed by atoms with E-state index in [0.717, 1.165) is 42.7 Å². The van der Waals surface area contributed by atoms with Crippen molar-refractivity contribution in [2.45, 2.75) is 32.1 Å². The largest absolute Gasteiger partial charge is 0.492 e. The van der Waals surface area contributed by atoms with Crippen LogP contribution < -0.4 is 0 Å². The Hall–Kier alpha value is -2.06. The van der Waals surface area contributed by atoms with Crippen molar-refractivity contribution < 1.29 is 4.74 Å². The SMILES string of the molecule is c1ccc(CC2CCN(CCO/C(=C3\C4CC5C(C4)C35)c3ccccc3)CC2)cc1. The predicted molar refractivity (Wildman–Crippen MR) is 122 cm³/mol. The Bertz CT molecular complexity index is 881. The number of likely N-dealkylation sites (tertiary alicyclic amines) is 1. The van der Waals surface area contributed by atoms with Gasteiger partial charge in [-0.3, -0.25) is 4.90 Å². The molecule has 0 aromatic heterocycles. The number of hydrogen-bond donors (Lipinski definition) is 0. The van der Waals surface area contributed by atoms with Gasteiger partial charge in [-0.1, -0.05) is 60.7 Å². The van der Waals surface area contributed by atoms with Gasteiger partial charge in [-0.2, -0.15) is 0 Å². The molecule has 156 valence electrons. The van der Waals surface area contributed by atoms with E-state index in [1.54, 1.807) is 5.57 Å². The number of ether oxygens (including phenoxy) is 1. The maximum Gasteiger partial charge on any atom is 0.126 e. The third kappa shape index (κ3) is 3.50. The number of allylic oxidation sites excluding steroid dienone is 1. The number of nitrogens with zero attached hydrogens (tertiary/aromatic N) is 1. The molecule has 7 rings (SSSR count). The maximum absolute atomic E-state index is 6.57. The minimum absolute atomic E-state index is 0.814. The number of rotatable bonds is 7. The summed E-state index contributed by atoms with van der Waals surface area (Å²) in [5.74, 6) is 5.75. The fraction of sp³-hybridized carbons (Fsp3) is 0.500. The second-order valence-electron chi connectivity index (χ2n) is 10.00. The van der Waals surface area contributed by atoms with Gasteiger partial charge in [0, 0.05) is 12.1 Å². The van der Waals surface area contributed by atoms with E-state index in [1.165, 1.54) is 62.1 Å². The lowest BCUT2D eigenvalue weighted by atomic mass is 9.90. The van der Waals surface area contributed by atoms with Gasteiger partial charge in [-0.25, -0.2) is 0 Å². The maximum atomic E-state index is 6.57. The fourth-order valence-electron chi connectivity index (χ4n) is 6.73. The Morgan fingerprint density at radius 2 is 1.53 bits per heavy atom. The molecule has 2 unspecified atom stereocenters. The lowest BCUT2D eigenvalue weighted by molar-refractivity contribution is 0.144. The van der Waals surface area contributed by atoms with Crippen LogP contribution in [0.15, 0.2) is 66.2 Å². The van der Waals surface area contributed by atoms with E-state index >= 15 is 0 Å². The standard InChI is InChI=1S/C28H33NO/c1-3-7-20(8-4-1)17-21-11-13-29(14-12-21)15-16-30-28(22-9-5-2-6-10-22)26-23-18-24-25(19-23)27(24)26/h1-10,21,23-25,27H,11-19H2/b28-26+. The first-order valence-electron chi connectivity index (χ1n) is 12.1. The van der Waals surface area contributed by atoms with Crippen molar-refractivity contribution in [2.75, 3.05) is 26.2 Å². The van der Waals surface area contributed by atoms with Gasteiger partial charge in [0.2, 0.25) is 0 Å². The van der Waals surface area contributed by atoms with Crippen molar-refractivity contribution in [2.24, 2.45) is 29.6 Å². The van der Waals surface area contributed by atoms with E-state index in [4.69, 9.17) is 4.74 Å². The van der Waals surface area contributed by atoms with Crippen LogP contribution in [-0.2, 0) is 11.2 Å². The highest BCUT2D eigenvalue weighted by molar-refractivity contribution is 5.67. The summed E-state index contributed by atoms with van der Waals surface area (Å²) in [6.07, 6.45) is 6.73. The Balaban J connectivity index is 1.05. The smallest absolute Gasteiger partial charge is 0.126 e. The van der Waals surface area contributed by atoms with Crippen LogP contribution in [0.4, 0.5) is 0 Å². The molecule has 2 nitrogen and oxygen atoms in total. The van der Waals surface area contributed by atoms with E-state index in [1.807, 2.05) is 0 Å². The molecular formula is C28H33NO. The Kier molecular flexibility index (Phi) is 4.91. The van der Waals surface area contributed by atoms with Crippen LogP contribution in [0, 0.1) is 29.6 Å². The topological polar surface area (TPSA) is 12.5 Å². The minimum atomic E-state index is 0.814. The highest BCUT2D eigenvalue weighted by atomic mass is 16.5. The van der Waals surface area contributed by atoms with Gasteiger partial charge >= 0.3 is 0 Å². The summed E-state index contributed by atoms with van der Waals surface area (Å²) < 4.78 is 6.57. The molecule has 2 atom stereocenters. The molecular weight excluding hydrogens is 366 g/mol. The van der Waals surface area contributed by atoms with Crippen molar-refractivity contribution in [1.82, 2.24) is 4.90 Å². The molecule has 2 heteroatoms. The summed E-state index contributed by atoms with van der Waals surface area (Å²) in [4.78, 5) is 2.61. The Morgan fingerprint density at radius 1 is 0.867 bits per heavy atom. The van der Waals surface area contributed by atoms with Gasteiger partial charge < -0.3 is 4.74 Å². The lowest BCUT2D eigenvalue weighted by Crippen LogP contribution is -2.36. The quantitative estimate of drug-likeness (QED) is 0.558. The molecule has 1 saturated heterocycles. The van der Waals surface area contributed by atoms with Crippen LogP contribution >= 0.6 is 0 Å². The minimum Gasteiger partial charge on any atom is -0.492 e. The highest BCUT2D eigenvalue weighted by Gasteiger charge is 2.66. The van der Waals surface area contributed by atoms with Gasteiger partial charge in [-0.15, -0.1) is 0 Å². The van der Waals surface area contributed by atoms with Crippen LogP contribution in [0.3, 0.4) is 0 Å². The van der Waals surface area contributed by atoms with Crippen LogP contribution in [0.2, 0.25) is 0 Å². The first kappa shape index (κ1) is 18.7. The summed E-state index contributed by atoms with van der Waals surface area (Å²) in [6.45, 7) is 4.32. The van der Waals surface area contributed by atoms with E-state index in [9.17, 15) is 0 Å². The van der Waals surface area contributed by atoms with Gasteiger partial charge in [0.05, 0.1) is 0 Å². The predicted octanol–water partition coefficient (Wildman–Crippen LogP) is 5.65. The third-order valence-corrected chi connectivity index (χ3v) is 8.27. The molecule has 0 amide bonds. The zero-order valence-electron chi connectivity index (χ0n) is 17.9. The number of benzene rings is 2. The second-order valence-corrected chi connectivity index (χ2v) is 10.00. The summed E-state index contributed by atoms with van der Waals surface area (Å²) in [5, 5.41) is 0. The average Bonchev–Trinajstić information content (AvgIpc) is 3.14. The molecule has 0 N–H and O–H groups in total. The van der Waals surface area contributed by atoms with Gasteiger partial charge in [0.25, 0.3) is 0 Å². The second kappa shape index (κ2) is 7.89. The molecule has 4 saturated carbocycles. The van der Waals surface area contributed by atoms with Crippen LogP contribution in [0.1, 0.15) is 36.8 Å². The van der Waals surface area contributed by atoms with E-state index in [-0.39, 0.29) is 0 Å². The molecule has 5 fully saturated rings. The summed E-state index contributed by atoms with van der Waals surface area (Å²) in [6, 6.07) is 21.9. The van der Waals surface area contributed by atoms with Gasteiger partial charge in [0.1, 0.15) is 12.4 Å². The molecule has 2 aromatic carbocycles. The first-order chi connectivity index (χ1) is 14.9. The monoisotopic (exact) mass is 399 g/mol. The van der Waals surface area contributed by atoms with Crippen molar-refractivity contribution in [1.29, 1.82) is 0 Å². The van der Waals surface area contributed by atoms with Gasteiger partial charge in [0.15, 0.2) is 0 Å². The van der Waals surface area contributed by atoms with Crippen LogP contribution in [0.25, 0.3) is 5.76 Å². The Morgan fingerprint density at radius 3 is 2.17 bits per heavy atom. The molecule has 30 heavy (non-hydrogen) atoms. The zero-order valence-corrected chi connectivity index (χ0v) is 17.9. The molecule has 4 bridgehead atoms. The van der Waals surface area contributed by atoms with Crippen molar-refractivity contribution in [3.8, 4) is 0 Å². The fourth-order valence-corrected chi connectivity index (χ4v) is 6.73. The molecule has 4 aliphatic carbocycles. The van der Waals surface area contributed by atoms with Gasteiger partial charge in [-0.05, 0) is 85.9 Å². The molecule has 1 aliphatic heterocycles. The average molecular weight is 400 g/mol. The normalized spacial score (nSPS) is 31.7. The van der Waals surface area contributed by atoms with Crippen molar-refractivity contribution in [3.05, 3.63) is 77.4 Å². The number of hydrogen-bond acceptors (Lipinski definition) is 2. The summed E-state index contributed by atoms with van der Waals surface area (Å²) >= 11 is 0. The number of piperidine rings is 1. The van der Waals surface area contributed by atoms with Crippen molar-refractivity contribution >= 4 is 5.76 Å². The highest BCUT2D eigenvalue weighted by Crippen LogP contribution is 2.74. The molecule has 2 aromatic rings. The molecule has 0 spiro atoms. The summed E-state index contributed by atoms with van der Waals surface area (Å²) in [5.41, 5.74) is 4.47. The molecule has 5 aliphatic rings. The van der Waals surface area contributed by atoms with Crippen LogP contribution in [0.5, 0.6) is 0 Å². The Labute approximate surface area is 180 Å². The van der Waals surface area contributed by atoms with E-state index in [2.05, 4.69) is 65.6 Å². The molecule has 0 radical (unpaired) electrons. The lowest BCUT2D eigenvalue weighted by Gasteiger charge is -2.32. The van der Waals surface area contributed by atoms with Crippen molar-refractivity contribution in [3.63, 3.8) is 0 Å². The summed E-state index contributed by atoms with van der Waals surface area (Å²) in [7, 11) is 0.